The molecule has 0 spiro atoms. The Hall–Kier alpha value is -2.04. The van der Waals surface area contributed by atoms with Gasteiger partial charge in [0.25, 0.3) is 0 Å². The number of methoxy groups -OCH3 is 2. The molecule has 0 N–H and O–H groups in total. The van der Waals surface area contributed by atoms with Crippen LogP contribution in [-0.2, 0) is 15.9 Å². The average molecular weight is 298 g/mol. The highest BCUT2D eigenvalue weighted by Crippen LogP contribution is 2.49. The molecule has 2 aliphatic rings. The molecule has 2 aliphatic heterocycles. The van der Waals surface area contributed by atoms with Crippen molar-refractivity contribution >= 4 is 0 Å². The summed E-state index contributed by atoms with van der Waals surface area (Å²) in [5, 5.41) is 0. The lowest BCUT2D eigenvalue weighted by atomic mass is 9.90. The number of ether oxygens (including phenoxy) is 4. The van der Waals surface area contributed by atoms with Crippen LogP contribution < -0.4 is 9.47 Å². The van der Waals surface area contributed by atoms with Crippen molar-refractivity contribution in [3.8, 4) is 22.6 Å². The Balaban J connectivity index is 1.99. The lowest BCUT2D eigenvalue weighted by Gasteiger charge is -2.27. The topological polar surface area (TPSA) is 36.9 Å². The summed E-state index contributed by atoms with van der Waals surface area (Å²) in [5.74, 6) is 1.54. The summed E-state index contributed by atoms with van der Waals surface area (Å²) in [5.41, 5.74) is 4.41. The molecule has 1 fully saturated rings. The van der Waals surface area contributed by atoms with Crippen LogP contribution in [0.4, 0.5) is 0 Å². The summed E-state index contributed by atoms with van der Waals surface area (Å²) in [6, 6.07) is 12.2. The average Bonchev–Trinajstić information content (AvgIpc) is 2.95. The molecular weight excluding hydrogens is 280 g/mol. The number of hydrogen-bond acceptors (Lipinski definition) is 4. The van der Waals surface area contributed by atoms with Gasteiger partial charge in [-0.15, -0.1) is 0 Å². The van der Waals surface area contributed by atoms with Crippen molar-refractivity contribution in [3.05, 3.63) is 47.5 Å². The summed E-state index contributed by atoms with van der Waals surface area (Å²) in [6.45, 7) is 0.624. The van der Waals surface area contributed by atoms with Crippen molar-refractivity contribution in [1.82, 2.24) is 0 Å². The van der Waals surface area contributed by atoms with Gasteiger partial charge in [-0.1, -0.05) is 30.3 Å². The Bertz CT molecular complexity index is 696. The first-order valence-corrected chi connectivity index (χ1v) is 7.42. The molecule has 4 heteroatoms. The van der Waals surface area contributed by atoms with Gasteiger partial charge in [-0.25, -0.2) is 0 Å². The number of fused-ring (bicyclic) bond motifs is 4. The molecule has 2 bridgehead atoms. The van der Waals surface area contributed by atoms with Crippen LogP contribution in [0, 0.1) is 0 Å². The van der Waals surface area contributed by atoms with Gasteiger partial charge in [-0.05, 0) is 17.2 Å². The largest absolute Gasteiger partial charge is 0.493 e. The molecule has 2 heterocycles. The molecule has 0 saturated carbocycles. The zero-order chi connectivity index (χ0) is 15.1. The maximum Gasteiger partial charge on any atom is 0.185 e. The predicted molar refractivity (Wildman–Crippen MR) is 82.3 cm³/mol. The summed E-state index contributed by atoms with van der Waals surface area (Å²) < 4.78 is 22.9. The smallest absolute Gasteiger partial charge is 0.185 e. The number of hydrogen-bond donors (Lipinski definition) is 0. The van der Waals surface area contributed by atoms with Gasteiger partial charge < -0.3 is 18.9 Å². The molecule has 4 rings (SSSR count). The standard InChI is InChI=1S/C18H18O4/c1-19-15-9-13(11-6-4-3-5-7-11)16-14(17(15)20-2)8-12-10-21-18(16)22-12/h3-7,9,12,18H,8,10H2,1-2H3/t12-,18+/m0/s1. The van der Waals surface area contributed by atoms with E-state index in [2.05, 4.69) is 12.1 Å². The SMILES string of the molecule is COc1cc(-c2ccccc2)c2c(c1OC)C[C@H]1CO[C@@H]2O1. The quantitative estimate of drug-likeness (QED) is 0.871. The number of benzene rings is 2. The van der Waals surface area contributed by atoms with E-state index >= 15 is 0 Å². The van der Waals surface area contributed by atoms with Gasteiger partial charge in [0.05, 0.1) is 26.9 Å². The second-order valence-corrected chi connectivity index (χ2v) is 5.55. The second kappa shape index (κ2) is 5.30. The van der Waals surface area contributed by atoms with E-state index in [1.165, 1.54) is 0 Å². The first-order chi connectivity index (χ1) is 10.8. The minimum Gasteiger partial charge on any atom is -0.493 e. The molecule has 0 unspecified atom stereocenters. The van der Waals surface area contributed by atoms with E-state index in [-0.39, 0.29) is 12.4 Å². The van der Waals surface area contributed by atoms with E-state index < -0.39 is 0 Å². The van der Waals surface area contributed by atoms with Crippen molar-refractivity contribution in [2.75, 3.05) is 20.8 Å². The Morgan fingerprint density at radius 1 is 1.09 bits per heavy atom. The molecule has 0 radical (unpaired) electrons. The van der Waals surface area contributed by atoms with Crippen LogP contribution in [0.2, 0.25) is 0 Å². The van der Waals surface area contributed by atoms with Crippen LogP contribution in [0.1, 0.15) is 17.4 Å². The summed E-state index contributed by atoms with van der Waals surface area (Å²) >= 11 is 0. The Kier molecular flexibility index (Phi) is 3.28. The molecule has 4 nitrogen and oxygen atoms in total. The lowest BCUT2D eigenvalue weighted by molar-refractivity contribution is -0.0676. The van der Waals surface area contributed by atoms with E-state index in [9.17, 15) is 0 Å². The molecular formula is C18H18O4. The highest BCUT2D eigenvalue weighted by atomic mass is 16.7. The summed E-state index contributed by atoms with van der Waals surface area (Å²) in [7, 11) is 3.35. The minimum atomic E-state index is -0.316. The van der Waals surface area contributed by atoms with Gasteiger partial charge in [0.2, 0.25) is 0 Å². The molecule has 0 aliphatic carbocycles. The van der Waals surface area contributed by atoms with E-state index in [0.717, 1.165) is 40.2 Å². The molecule has 2 atom stereocenters. The third-order valence-electron chi connectivity index (χ3n) is 4.31. The van der Waals surface area contributed by atoms with Gasteiger partial charge in [-0.2, -0.15) is 0 Å². The Morgan fingerprint density at radius 2 is 1.91 bits per heavy atom. The fourth-order valence-electron chi connectivity index (χ4n) is 3.35. The first-order valence-electron chi connectivity index (χ1n) is 7.42. The zero-order valence-electron chi connectivity index (χ0n) is 12.7. The highest BCUT2D eigenvalue weighted by Gasteiger charge is 2.39. The van der Waals surface area contributed by atoms with Crippen molar-refractivity contribution in [2.24, 2.45) is 0 Å². The fraction of sp³-hybridized carbons (Fsp3) is 0.333. The molecule has 0 amide bonds. The van der Waals surface area contributed by atoms with Crippen molar-refractivity contribution < 1.29 is 18.9 Å². The highest BCUT2D eigenvalue weighted by molar-refractivity contribution is 5.74. The van der Waals surface area contributed by atoms with Crippen LogP contribution in [0.3, 0.4) is 0 Å². The summed E-state index contributed by atoms with van der Waals surface area (Å²) in [4.78, 5) is 0. The van der Waals surface area contributed by atoms with Crippen LogP contribution in [-0.4, -0.2) is 26.9 Å². The van der Waals surface area contributed by atoms with Crippen molar-refractivity contribution in [1.29, 1.82) is 0 Å². The minimum absolute atomic E-state index is 0.0992. The monoisotopic (exact) mass is 298 g/mol. The molecule has 2 aromatic rings. The van der Waals surface area contributed by atoms with Gasteiger partial charge in [0.15, 0.2) is 17.8 Å². The third kappa shape index (κ3) is 1.99. The van der Waals surface area contributed by atoms with E-state index in [1.54, 1.807) is 14.2 Å². The molecule has 0 aromatic heterocycles. The van der Waals surface area contributed by atoms with Crippen LogP contribution in [0.25, 0.3) is 11.1 Å². The third-order valence-corrected chi connectivity index (χ3v) is 4.31. The lowest BCUT2D eigenvalue weighted by Crippen LogP contribution is -2.21. The van der Waals surface area contributed by atoms with E-state index in [1.807, 2.05) is 24.3 Å². The van der Waals surface area contributed by atoms with E-state index in [4.69, 9.17) is 18.9 Å². The zero-order valence-corrected chi connectivity index (χ0v) is 12.7. The molecule has 1 saturated heterocycles. The van der Waals surface area contributed by atoms with Gasteiger partial charge in [0, 0.05) is 17.5 Å². The fourth-order valence-corrected chi connectivity index (χ4v) is 3.35. The van der Waals surface area contributed by atoms with E-state index in [0.29, 0.717) is 6.61 Å². The predicted octanol–water partition coefficient (Wildman–Crippen LogP) is 3.34. The molecule has 114 valence electrons. The molecule has 2 aromatic carbocycles. The van der Waals surface area contributed by atoms with Gasteiger partial charge in [0.1, 0.15) is 0 Å². The Morgan fingerprint density at radius 3 is 2.64 bits per heavy atom. The normalized spacial score (nSPS) is 22.3. The van der Waals surface area contributed by atoms with Crippen LogP contribution in [0.15, 0.2) is 36.4 Å². The second-order valence-electron chi connectivity index (χ2n) is 5.55. The van der Waals surface area contributed by atoms with Crippen LogP contribution >= 0.6 is 0 Å². The first kappa shape index (κ1) is 13.6. The maximum atomic E-state index is 5.94. The van der Waals surface area contributed by atoms with Crippen molar-refractivity contribution in [2.45, 2.75) is 18.8 Å². The van der Waals surface area contributed by atoms with Gasteiger partial charge in [-0.3, -0.25) is 0 Å². The maximum absolute atomic E-state index is 5.94. The Labute approximate surface area is 129 Å². The van der Waals surface area contributed by atoms with Crippen LogP contribution in [0.5, 0.6) is 11.5 Å². The van der Waals surface area contributed by atoms with Gasteiger partial charge >= 0.3 is 0 Å². The number of rotatable bonds is 3. The summed E-state index contributed by atoms with van der Waals surface area (Å²) in [6.07, 6.45) is 0.567. The molecule has 22 heavy (non-hydrogen) atoms. The van der Waals surface area contributed by atoms with Crippen molar-refractivity contribution in [3.63, 3.8) is 0 Å².